The van der Waals surface area contributed by atoms with Crippen LogP contribution >= 0.6 is 0 Å². The van der Waals surface area contributed by atoms with Crippen LogP contribution in [-0.2, 0) is 16.6 Å². The van der Waals surface area contributed by atoms with Crippen LogP contribution in [0.3, 0.4) is 0 Å². The van der Waals surface area contributed by atoms with Crippen molar-refractivity contribution in [1.82, 2.24) is 14.7 Å². The Morgan fingerprint density at radius 1 is 1.30 bits per heavy atom. The van der Waals surface area contributed by atoms with Crippen LogP contribution in [0.25, 0.3) is 11.3 Å². The van der Waals surface area contributed by atoms with Gasteiger partial charge in [0.15, 0.2) is 0 Å². The van der Waals surface area contributed by atoms with Crippen LogP contribution in [0.2, 0.25) is 0 Å². The molecule has 1 aliphatic heterocycles. The van der Waals surface area contributed by atoms with Crippen molar-refractivity contribution in [2.45, 2.75) is 19.8 Å². The Morgan fingerprint density at radius 3 is 2.85 bits per heavy atom. The van der Waals surface area contributed by atoms with E-state index in [0.717, 1.165) is 24.2 Å². The first kappa shape index (κ1) is 18.9. The van der Waals surface area contributed by atoms with Crippen molar-refractivity contribution < 1.29 is 19.1 Å². The number of likely N-dealkylation sites (tertiary alicyclic amines) is 1. The van der Waals surface area contributed by atoms with E-state index in [-0.39, 0.29) is 17.8 Å². The lowest BCUT2D eigenvalue weighted by atomic mass is 9.98. The molecular formula is C20H25N3O4. The number of esters is 1. The second-order valence-corrected chi connectivity index (χ2v) is 6.61. The van der Waals surface area contributed by atoms with Crippen LogP contribution in [0.15, 0.2) is 30.3 Å². The minimum Gasteiger partial charge on any atom is -0.497 e. The minimum absolute atomic E-state index is 0.117. The summed E-state index contributed by atoms with van der Waals surface area (Å²) in [5.41, 5.74) is 2.09. The number of benzene rings is 1. The number of methoxy groups -OCH3 is 1. The molecule has 2 heterocycles. The number of ether oxygens (including phenoxy) is 2. The monoisotopic (exact) mass is 371 g/mol. The Labute approximate surface area is 158 Å². The fourth-order valence-electron chi connectivity index (χ4n) is 3.37. The van der Waals surface area contributed by atoms with Gasteiger partial charge in [-0.25, -0.2) is 0 Å². The second kappa shape index (κ2) is 8.24. The maximum Gasteiger partial charge on any atom is 0.310 e. The maximum absolute atomic E-state index is 13.0. The van der Waals surface area contributed by atoms with Crippen LogP contribution in [-0.4, -0.2) is 53.4 Å². The van der Waals surface area contributed by atoms with Crippen molar-refractivity contribution in [3.63, 3.8) is 0 Å². The highest BCUT2D eigenvalue weighted by Crippen LogP contribution is 2.25. The quantitative estimate of drug-likeness (QED) is 0.755. The molecule has 27 heavy (non-hydrogen) atoms. The van der Waals surface area contributed by atoms with Crippen molar-refractivity contribution in [3.8, 4) is 17.0 Å². The zero-order valence-corrected chi connectivity index (χ0v) is 16.0. The van der Waals surface area contributed by atoms with E-state index < -0.39 is 0 Å². The van der Waals surface area contributed by atoms with Crippen molar-refractivity contribution in [3.05, 3.63) is 36.0 Å². The molecule has 7 nitrogen and oxygen atoms in total. The summed E-state index contributed by atoms with van der Waals surface area (Å²) in [6, 6.07) is 9.34. The average Bonchev–Trinajstić information content (AvgIpc) is 3.09. The van der Waals surface area contributed by atoms with Gasteiger partial charge in [0.05, 0.1) is 25.3 Å². The van der Waals surface area contributed by atoms with Crippen molar-refractivity contribution >= 4 is 11.9 Å². The fraction of sp³-hybridized carbons (Fsp3) is 0.450. The first-order chi connectivity index (χ1) is 13.0. The molecular weight excluding hydrogens is 346 g/mol. The SMILES string of the molecule is CCOC(=O)[C@H]1CCCN(C(=O)c2cc(-c3cccc(OC)c3)nn2C)C1. The summed E-state index contributed by atoms with van der Waals surface area (Å²) in [5.74, 6) is 0.137. The highest BCUT2D eigenvalue weighted by Gasteiger charge is 2.31. The van der Waals surface area contributed by atoms with Crippen LogP contribution in [0.1, 0.15) is 30.3 Å². The van der Waals surface area contributed by atoms with E-state index >= 15 is 0 Å². The summed E-state index contributed by atoms with van der Waals surface area (Å²) in [7, 11) is 3.37. The molecule has 1 aromatic heterocycles. The molecule has 144 valence electrons. The van der Waals surface area contributed by atoms with Crippen LogP contribution < -0.4 is 4.74 Å². The molecule has 0 bridgehead atoms. The van der Waals surface area contributed by atoms with Gasteiger partial charge in [-0.1, -0.05) is 12.1 Å². The largest absolute Gasteiger partial charge is 0.497 e. The normalized spacial score (nSPS) is 16.9. The van der Waals surface area contributed by atoms with Crippen molar-refractivity contribution in [2.75, 3.05) is 26.8 Å². The summed E-state index contributed by atoms with van der Waals surface area (Å²) in [6.45, 7) is 3.17. The van der Waals surface area contributed by atoms with Crippen molar-refractivity contribution in [2.24, 2.45) is 13.0 Å². The molecule has 0 spiro atoms. The second-order valence-electron chi connectivity index (χ2n) is 6.61. The highest BCUT2D eigenvalue weighted by atomic mass is 16.5. The Bertz CT molecular complexity index is 830. The number of nitrogens with zero attached hydrogens (tertiary/aromatic N) is 3. The topological polar surface area (TPSA) is 73.7 Å². The van der Waals surface area contributed by atoms with Gasteiger partial charge in [0.25, 0.3) is 5.91 Å². The van der Waals surface area contributed by atoms with E-state index in [2.05, 4.69) is 5.10 Å². The minimum atomic E-state index is -0.256. The highest BCUT2D eigenvalue weighted by molar-refractivity contribution is 5.94. The summed E-state index contributed by atoms with van der Waals surface area (Å²) >= 11 is 0. The number of rotatable bonds is 5. The number of aryl methyl sites for hydroxylation is 1. The van der Waals surface area contributed by atoms with Gasteiger partial charge in [0.1, 0.15) is 11.4 Å². The van der Waals surface area contributed by atoms with Gasteiger partial charge in [0.2, 0.25) is 0 Å². The Hall–Kier alpha value is -2.83. The molecule has 1 atom stereocenters. The molecule has 1 aromatic carbocycles. The number of aromatic nitrogens is 2. The zero-order chi connectivity index (χ0) is 19.4. The third-order valence-electron chi connectivity index (χ3n) is 4.79. The summed E-state index contributed by atoms with van der Waals surface area (Å²) < 4.78 is 12.0. The number of carbonyl (C=O) groups is 2. The number of hydrogen-bond acceptors (Lipinski definition) is 5. The number of hydrogen-bond donors (Lipinski definition) is 0. The molecule has 0 aliphatic carbocycles. The lowest BCUT2D eigenvalue weighted by Gasteiger charge is -2.31. The standard InChI is InChI=1S/C20H25N3O4/c1-4-27-20(25)15-8-6-10-23(13-15)19(24)18-12-17(21-22(18)2)14-7-5-9-16(11-14)26-3/h5,7,9,11-12,15H,4,6,8,10,13H2,1-3H3/t15-/m0/s1. The van der Waals surface area contributed by atoms with E-state index in [1.807, 2.05) is 24.3 Å². The molecule has 0 unspecified atom stereocenters. The third-order valence-corrected chi connectivity index (χ3v) is 4.79. The third kappa shape index (κ3) is 4.13. The lowest BCUT2D eigenvalue weighted by Crippen LogP contribution is -2.43. The number of carbonyl (C=O) groups excluding carboxylic acids is 2. The van der Waals surface area contributed by atoms with Gasteiger partial charge in [0, 0.05) is 25.7 Å². The van der Waals surface area contributed by atoms with Crippen molar-refractivity contribution in [1.29, 1.82) is 0 Å². The van der Waals surface area contributed by atoms with E-state index in [1.165, 1.54) is 0 Å². The predicted octanol–water partition coefficient (Wildman–Crippen LogP) is 2.51. The molecule has 2 aromatic rings. The first-order valence-electron chi connectivity index (χ1n) is 9.17. The molecule has 3 rings (SSSR count). The van der Waals surface area contributed by atoms with E-state index in [0.29, 0.717) is 31.1 Å². The van der Waals surface area contributed by atoms with Gasteiger partial charge in [-0.2, -0.15) is 5.10 Å². The Morgan fingerprint density at radius 2 is 2.11 bits per heavy atom. The molecule has 0 saturated carbocycles. The summed E-state index contributed by atoms with van der Waals surface area (Å²) in [5, 5.41) is 4.48. The maximum atomic E-state index is 13.0. The van der Waals surface area contributed by atoms with E-state index in [4.69, 9.17) is 9.47 Å². The van der Waals surface area contributed by atoms with Gasteiger partial charge in [-0.15, -0.1) is 0 Å². The molecule has 1 saturated heterocycles. The Kier molecular flexibility index (Phi) is 5.78. The van der Waals surface area contributed by atoms with Gasteiger partial charge >= 0.3 is 5.97 Å². The molecule has 0 N–H and O–H groups in total. The van der Waals surface area contributed by atoms with E-state index in [9.17, 15) is 9.59 Å². The molecule has 1 amide bonds. The Balaban J connectivity index is 1.79. The molecule has 7 heteroatoms. The van der Waals surface area contributed by atoms with E-state index in [1.54, 1.807) is 36.7 Å². The first-order valence-corrected chi connectivity index (χ1v) is 9.17. The number of piperidine rings is 1. The fourth-order valence-corrected chi connectivity index (χ4v) is 3.37. The molecule has 0 radical (unpaired) electrons. The number of amides is 1. The van der Waals surface area contributed by atoms with Crippen LogP contribution in [0.4, 0.5) is 0 Å². The van der Waals surface area contributed by atoms with Gasteiger partial charge in [-0.05, 0) is 38.0 Å². The smallest absolute Gasteiger partial charge is 0.310 e. The zero-order valence-electron chi connectivity index (χ0n) is 16.0. The lowest BCUT2D eigenvalue weighted by molar-refractivity contribution is -0.149. The van der Waals surface area contributed by atoms with Crippen LogP contribution in [0, 0.1) is 5.92 Å². The molecule has 1 fully saturated rings. The van der Waals surface area contributed by atoms with Gasteiger partial charge in [-0.3, -0.25) is 14.3 Å². The summed E-state index contributed by atoms with van der Waals surface area (Å²) in [6.07, 6.45) is 1.54. The average molecular weight is 371 g/mol. The predicted molar refractivity (Wildman–Crippen MR) is 100 cm³/mol. The summed E-state index contributed by atoms with van der Waals surface area (Å²) in [4.78, 5) is 26.8. The molecule has 1 aliphatic rings. The van der Waals surface area contributed by atoms with Crippen LogP contribution in [0.5, 0.6) is 5.75 Å². The van der Waals surface area contributed by atoms with Gasteiger partial charge < -0.3 is 14.4 Å².